The van der Waals surface area contributed by atoms with Crippen molar-refractivity contribution in [3.8, 4) is 5.75 Å². The fraction of sp³-hybridized carbons (Fsp3) is 0.391. The summed E-state index contributed by atoms with van der Waals surface area (Å²) >= 11 is 1.48. The number of nitrogens with zero attached hydrogens (tertiary/aromatic N) is 3. The number of thioether (sulfide) groups is 1. The molecule has 2 aromatic rings. The predicted molar refractivity (Wildman–Crippen MR) is 126 cm³/mol. The minimum absolute atomic E-state index is 0.447. The first kappa shape index (κ1) is 23.0. The van der Waals surface area contributed by atoms with Gasteiger partial charge in [-0.2, -0.15) is 5.10 Å². The highest BCUT2D eigenvalue weighted by molar-refractivity contribution is 8.13. The standard InChI is InChI=1S/C23H32N4OS/c1-17(2)27(18(3)4)15-21-13-20(11-12-22(21)28-5)14-25-26-23(24)29-16-19-9-7-6-8-10-19/h6-14,17-18H,15-16H2,1-5H3,(H2,24,26). The summed E-state index contributed by atoms with van der Waals surface area (Å²) in [6, 6.07) is 17.1. The van der Waals surface area contributed by atoms with Crippen molar-refractivity contribution in [1.29, 1.82) is 0 Å². The van der Waals surface area contributed by atoms with Gasteiger partial charge in [0.05, 0.1) is 13.3 Å². The Bertz CT molecular complexity index is 811. The van der Waals surface area contributed by atoms with Crippen molar-refractivity contribution < 1.29 is 4.74 Å². The lowest BCUT2D eigenvalue weighted by Crippen LogP contribution is -2.36. The summed E-state index contributed by atoms with van der Waals surface area (Å²) in [6.45, 7) is 9.66. The van der Waals surface area contributed by atoms with Gasteiger partial charge in [-0.1, -0.05) is 42.1 Å². The van der Waals surface area contributed by atoms with Crippen molar-refractivity contribution in [2.45, 2.75) is 52.1 Å². The van der Waals surface area contributed by atoms with Gasteiger partial charge in [0.2, 0.25) is 0 Å². The van der Waals surface area contributed by atoms with Crippen molar-refractivity contribution >= 4 is 23.1 Å². The van der Waals surface area contributed by atoms with E-state index in [0.29, 0.717) is 17.3 Å². The molecule has 29 heavy (non-hydrogen) atoms. The third kappa shape index (κ3) is 7.55. The van der Waals surface area contributed by atoms with E-state index >= 15 is 0 Å². The monoisotopic (exact) mass is 412 g/mol. The lowest BCUT2D eigenvalue weighted by Gasteiger charge is -2.31. The van der Waals surface area contributed by atoms with Crippen molar-refractivity contribution in [1.82, 2.24) is 4.90 Å². The Kier molecular flexibility index (Phi) is 9.22. The number of amidine groups is 1. The van der Waals surface area contributed by atoms with Crippen LogP contribution in [0.3, 0.4) is 0 Å². The summed E-state index contributed by atoms with van der Waals surface area (Å²) in [4.78, 5) is 2.43. The molecule has 0 aromatic heterocycles. The van der Waals surface area contributed by atoms with Gasteiger partial charge in [0.25, 0.3) is 0 Å². The van der Waals surface area contributed by atoms with Gasteiger partial charge >= 0.3 is 0 Å². The number of nitrogens with two attached hydrogens (primary N) is 1. The predicted octanol–water partition coefficient (Wildman–Crippen LogP) is 4.90. The van der Waals surface area contributed by atoms with Crippen LogP contribution in [-0.4, -0.2) is 35.5 Å². The SMILES string of the molecule is COc1ccc(C=NN=C(N)SCc2ccccc2)cc1CN(C(C)C)C(C)C. The van der Waals surface area contributed by atoms with Crippen LogP contribution < -0.4 is 10.5 Å². The fourth-order valence-corrected chi connectivity index (χ4v) is 3.69. The molecule has 0 saturated heterocycles. The molecule has 0 fully saturated rings. The fourth-order valence-electron chi connectivity index (χ4n) is 3.07. The maximum atomic E-state index is 5.97. The molecule has 2 rings (SSSR count). The van der Waals surface area contributed by atoms with Gasteiger partial charge in [0.15, 0.2) is 5.17 Å². The van der Waals surface area contributed by atoms with Gasteiger partial charge in [-0.3, -0.25) is 4.90 Å². The van der Waals surface area contributed by atoms with E-state index in [1.165, 1.54) is 17.3 Å². The number of benzene rings is 2. The van der Waals surface area contributed by atoms with Crippen LogP contribution in [0.5, 0.6) is 5.75 Å². The Hall–Kier alpha value is -2.31. The van der Waals surface area contributed by atoms with E-state index in [1.54, 1.807) is 13.3 Å². The molecule has 0 aliphatic rings. The molecule has 0 aliphatic carbocycles. The van der Waals surface area contributed by atoms with Crippen molar-refractivity contribution in [3.63, 3.8) is 0 Å². The first-order valence-corrected chi connectivity index (χ1v) is 10.8. The Morgan fingerprint density at radius 1 is 1.10 bits per heavy atom. The first-order valence-electron chi connectivity index (χ1n) is 9.86. The molecule has 0 bridgehead atoms. The van der Waals surface area contributed by atoms with E-state index in [9.17, 15) is 0 Å². The molecular weight excluding hydrogens is 380 g/mol. The van der Waals surface area contributed by atoms with Crippen LogP contribution in [0.2, 0.25) is 0 Å². The van der Waals surface area contributed by atoms with Crippen LogP contribution in [0.4, 0.5) is 0 Å². The molecule has 6 heteroatoms. The molecule has 0 spiro atoms. The molecule has 0 unspecified atom stereocenters. The zero-order valence-electron chi connectivity index (χ0n) is 18.0. The highest BCUT2D eigenvalue weighted by Gasteiger charge is 2.16. The van der Waals surface area contributed by atoms with Crippen molar-refractivity contribution in [2.24, 2.45) is 15.9 Å². The molecule has 0 atom stereocenters. The van der Waals surface area contributed by atoms with Gasteiger partial charge in [0, 0.05) is 29.9 Å². The highest BCUT2D eigenvalue weighted by atomic mass is 32.2. The summed E-state index contributed by atoms with van der Waals surface area (Å²) in [6.07, 6.45) is 1.73. The Labute approximate surface area is 179 Å². The van der Waals surface area contributed by atoms with Crippen LogP contribution in [0, 0.1) is 0 Å². The smallest absolute Gasteiger partial charge is 0.180 e. The summed E-state index contributed by atoms with van der Waals surface area (Å²) < 4.78 is 5.56. The number of hydrogen-bond acceptors (Lipinski definition) is 5. The topological polar surface area (TPSA) is 63.2 Å². The summed E-state index contributed by atoms with van der Waals surface area (Å²) in [7, 11) is 1.70. The van der Waals surface area contributed by atoms with E-state index in [2.05, 4.69) is 61.0 Å². The largest absolute Gasteiger partial charge is 0.496 e. The van der Waals surface area contributed by atoms with E-state index in [0.717, 1.165) is 29.2 Å². The number of rotatable bonds is 9. The third-order valence-electron chi connectivity index (χ3n) is 4.58. The van der Waals surface area contributed by atoms with Gasteiger partial charge in [-0.15, -0.1) is 5.10 Å². The first-order chi connectivity index (χ1) is 13.9. The minimum Gasteiger partial charge on any atom is -0.496 e. The van der Waals surface area contributed by atoms with Gasteiger partial charge < -0.3 is 10.5 Å². The van der Waals surface area contributed by atoms with E-state index < -0.39 is 0 Å². The number of ether oxygens (including phenoxy) is 1. The number of methoxy groups -OCH3 is 1. The zero-order chi connectivity index (χ0) is 21.2. The molecule has 0 heterocycles. The quantitative estimate of drug-likeness (QED) is 0.362. The lowest BCUT2D eigenvalue weighted by molar-refractivity contribution is 0.164. The van der Waals surface area contributed by atoms with Gasteiger partial charge in [0.1, 0.15) is 5.75 Å². The molecule has 5 nitrogen and oxygen atoms in total. The van der Waals surface area contributed by atoms with Crippen LogP contribution >= 0.6 is 11.8 Å². The maximum Gasteiger partial charge on any atom is 0.180 e. The van der Waals surface area contributed by atoms with Crippen molar-refractivity contribution in [3.05, 3.63) is 65.2 Å². The van der Waals surface area contributed by atoms with Crippen LogP contribution in [0.25, 0.3) is 0 Å². The lowest BCUT2D eigenvalue weighted by atomic mass is 10.1. The Morgan fingerprint density at radius 3 is 2.41 bits per heavy atom. The second kappa shape index (κ2) is 11.6. The zero-order valence-corrected chi connectivity index (χ0v) is 18.8. The van der Waals surface area contributed by atoms with Crippen LogP contribution in [0.15, 0.2) is 58.7 Å². The van der Waals surface area contributed by atoms with E-state index in [-0.39, 0.29) is 0 Å². The van der Waals surface area contributed by atoms with Gasteiger partial charge in [-0.05, 0) is 57.0 Å². The maximum absolute atomic E-state index is 5.97. The molecule has 156 valence electrons. The van der Waals surface area contributed by atoms with E-state index in [4.69, 9.17) is 10.5 Å². The van der Waals surface area contributed by atoms with Crippen LogP contribution in [0.1, 0.15) is 44.4 Å². The second-order valence-corrected chi connectivity index (χ2v) is 8.38. The molecular formula is C23H32N4OS. The Morgan fingerprint density at radius 2 is 1.79 bits per heavy atom. The van der Waals surface area contributed by atoms with Crippen molar-refractivity contribution in [2.75, 3.05) is 7.11 Å². The number of hydrogen-bond donors (Lipinski definition) is 1. The molecule has 0 radical (unpaired) electrons. The molecule has 2 N–H and O–H groups in total. The average Bonchev–Trinajstić information content (AvgIpc) is 2.71. The molecule has 0 aliphatic heterocycles. The second-order valence-electron chi connectivity index (χ2n) is 7.39. The Balaban J connectivity index is 2.06. The summed E-state index contributed by atoms with van der Waals surface area (Å²) in [5.74, 6) is 1.66. The summed E-state index contributed by atoms with van der Waals surface area (Å²) in [5.41, 5.74) is 9.28. The minimum atomic E-state index is 0.447. The van der Waals surface area contributed by atoms with Crippen LogP contribution in [-0.2, 0) is 12.3 Å². The van der Waals surface area contributed by atoms with E-state index in [1.807, 2.05) is 30.3 Å². The average molecular weight is 413 g/mol. The molecule has 0 saturated carbocycles. The third-order valence-corrected chi connectivity index (χ3v) is 5.43. The van der Waals surface area contributed by atoms with Gasteiger partial charge in [-0.25, -0.2) is 0 Å². The summed E-state index contributed by atoms with van der Waals surface area (Å²) in [5, 5.41) is 8.72. The normalized spacial score (nSPS) is 12.5. The molecule has 2 aromatic carbocycles. The molecule has 0 amide bonds. The highest BCUT2D eigenvalue weighted by Crippen LogP contribution is 2.23.